The van der Waals surface area contributed by atoms with Gasteiger partial charge in [-0.1, -0.05) is 91.5 Å². The molecule has 0 saturated heterocycles. The Morgan fingerprint density at radius 3 is 2.29 bits per heavy atom. The summed E-state index contributed by atoms with van der Waals surface area (Å²) in [7, 11) is -1.65. The van der Waals surface area contributed by atoms with Gasteiger partial charge in [0.2, 0.25) is 0 Å². The molecule has 2 N–H and O–H groups in total. The van der Waals surface area contributed by atoms with Gasteiger partial charge in [-0.3, -0.25) is 0 Å². The molecule has 0 unspecified atom stereocenters. The molecule has 0 fully saturated rings. The van der Waals surface area contributed by atoms with Crippen LogP contribution in [0.4, 0.5) is 0 Å². The molecule has 0 spiro atoms. The fourth-order valence-electron chi connectivity index (χ4n) is 4.07. The Morgan fingerprint density at radius 1 is 0.857 bits per heavy atom. The van der Waals surface area contributed by atoms with E-state index in [0.717, 1.165) is 21.9 Å². The van der Waals surface area contributed by atoms with Gasteiger partial charge >= 0.3 is 7.12 Å². The third kappa shape index (κ3) is 4.19. The van der Waals surface area contributed by atoms with Crippen molar-refractivity contribution in [2.75, 3.05) is 0 Å². The molecule has 6 nitrogen and oxygen atoms in total. The second-order valence-electron chi connectivity index (χ2n) is 7.91. The van der Waals surface area contributed by atoms with E-state index in [1.165, 1.54) is 0 Å². The molecule has 0 saturated carbocycles. The zero-order valence-electron chi connectivity index (χ0n) is 19.1. The Bertz CT molecular complexity index is 1600. The van der Waals surface area contributed by atoms with E-state index in [9.17, 15) is 10.0 Å². The summed E-state index contributed by atoms with van der Waals surface area (Å²) in [5.41, 5.74) is 3.62. The number of rotatable bonds is 6. The van der Waals surface area contributed by atoms with E-state index in [1.54, 1.807) is 18.2 Å². The summed E-state index contributed by atoms with van der Waals surface area (Å²) < 4.78 is 6.21. The van der Waals surface area contributed by atoms with E-state index in [1.807, 2.05) is 79.7 Å². The van der Waals surface area contributed by atoms with Gasteiger partial charge in [0, 0.05) is 27.4 Å². The molecule has 170 valence electrons. The first-order valence-electron chi connectivity index (χ1n) is 11.2. The highest BCUT2D eigenvalue weighted by molar-refractivity contribution is 6.61. The van der Waals surface area contributed by atoms with Crippen molar-refractivity contribution in [3.05, 3.63) is 103 Å². The maximum absolute atomic E-state index is 9.84. The molecular formula is C28H22BN3O3. The minimum atomic E-state index is -1.65. The van der Waals surface area contributed by atoms with Crippen molar-refractivity contribution in [3.8, 4) is 22.8 Å². The lowest BCUT2D eigenvalue weighted by atomic mass is 9.79. The molecule has 5 rings (SSSR count). The normalized spacial score (nSPS) is 12.0. The third-order valence-electron chi connectivity index (χ3n) is 5.64. The summed E-state index contributed by atoms with van der Waals surface area (Å²) in [6.07, 6.45) is 7.39. The summed E-state index contributed by atoms with van der Waals surface area (Å²) in [6.45, 7) is 5.75. The number of furan rings is 1. The Kier molecular flexibility index (Phi) is 6.10. The van der Waals surface area contributed by atoms with Gasteiger partial charge in [-0.25, -0.2) is 15.0 Å². The van der Waals surface area contributed by atoms with Crippen molar-refractivity contribution in [2.24, 2.45) is 0 Å². The van der Waals surface area contributed by atoms with Gasteiger partial charge in [-0.2, -0.15) is 0 Å². The van der Waals surface area contributed by atoms with Gasteiger partial charge in [0.25, 0.3) is 0 Å². The lowest BCUT2D eigenvalue weighted by Crippen LogP contribution is -2.29. The molecule has 35 heavy (non-hydrogen) atoms. The topological polar surface area (TPSA) is 92.3 Å². The molecule has 3 aromatic carbocycles. The van der Waals surface area contributed by atoms with Crippen LogP contribution in [-0.2, 0) is 0 Å². The monoisotopic (exact) mass is 459 g/mol. The molecule has 0 aliphatic carbocycles. The number of fused-ring (bicyclic) bond motifs is 3. The lowest BCUT2D eigenvalue weighted by Gasteiger charge is -2.09. The third-order valence-corrected chi connectivity index (χ3v) is 5.64. The van der Waals surface area contributed by atoms with Crippen LogP contribution >= 0.6 is 0 Å². The Labute approximate surface area is 202 Å². The van der Waals surface area contributed by atoms with Crippen LogP contribution in [0.15, 0.2) is 102 Å². The molecule has 0 aliphatic rings. The number of hydrogen-bond donors (Lipinski definition) is 2. The summed E-state index contributed by atoms with van der Waals surface area (Å²) in [5.74, 6) is 1.49. The van der Waals surface area contributed by atoms with E-state index in [-0.39, 0.29) is 0 Å². The molecule has 0 atom stereocenters. The summed E-state index contributed by atoms with van der Waals surface area (Å²) >= 11 is 0. The van der Waals surface area contributed by atoms with Crippen molar-refractivity contribution in [1.82, 2.24) is 15.0 Å². The SMILES string of the molecule is C=C/C=C(\C=C/C)c1nc(-c2ccccc2)nc(-c2cccc3c2oc2c(B(O)O)cccc23)n1. The molecular weight excluding hydrogens is 437 g/mol. The average molecular weight is 459 g/mol. The predicted molar refractivity (Wildman–Crippen MR) is 141 cm³/mol. The number of hydrogen-bond acceptors (Lipinski definition) is 6. The zero-order valence-corrected chi connectivity index (χ0v) is 19.1. The first-order chi connectivity index (χ1) is 17.1. The van der Waals surface area contributed by atoms with Crippen LogP contribution in [0.3, 0.4) is 0 Å². The van der Waals surface area contributed by atoms with E-state index >= 15 is 0 Å². The van der Waals surface area contributed by atoms with Gasteiger partial charge in [0.1, 0.15) is 11.2 Å². The fraction of sp³-hybridized carbons (Fsp3) is 0.0357. The number of aromatic nitrogens is 3. The summed E-state index contributed by atoms with van der Waals surface area (Å²) in [6, 6.07) is 20.7. The number of para-hydroxylation sites is 2. The van der Waals surface area contributed by atoms with Crippen molar-refractivity contribution < 1.29 is 14.5 Å². The molecule has 0 radical (unpaired) electrons. The van der Waals surface area contributed by atoms with Crippen LogP contribution < -0.4 is 5.46 Å². The molecule has 7 heteroatoms. The molecule has 0 bridgehead atoms. The first kappa shape index (κ1) is 22.5. The van der Waals surface area contributed by atoms with Crippen LogP contribution in [0.1, 0.15) is 12.7 Å². The number of benzene rings is 3. The Morgan fingerprint density at radius 2 is 1.57 bits per heavy atom. The lowest BCUT2D eigenvalue weighted by molar-refractivity contribution is 0.425. The van der Waals surface area contributed by atoms with E-state index in [0.29, 0.717) is 39.7 Å². The first-order valence-corrected chi connectivity index (χ1v) is 11.2. The summed E-state index contributed by atoms with van der Waals surface area (Å²) in [4.78, 5) is 14.3. The Hall–Kier alpha value is -4.33. The summed E-state index contributed by atoms with van der Waals surface area (Å²) in [5, 5.41) is 21.3. The second-order valence-corrected chi connectivity index (χ2v) is 7.91. The van der Waals surface area contributed by atoms with Crippen molar-refractivity contribution in [2.45, 2.75) is 6.92 Å². The maximum Gasteiger partial charge on any atom is 0.492 e. The number of nitrogens with zero attached hydrogens (tertiary/aromatic N) is 3. The van der Waals surface area contributed by atoms with Gasteiger partial charge in [-0.15, -0.1) is 0 Å². The second kappa shape index (κ2) is 9.50. The van der Waals surface area contributed by atoms with Crippen molar-refractivity contribution in [3.63, 3.8) is 0 Å². The van der Waals surface area contributed by atoms with Crippen LogP contribution in [0.25, 0.3) is 50.3 Å². The largest absolute Gasteiger partial charge is 0.492 e. The van der Waals surface area contributed by atoms with Gasteiger partial charge in [0.15, 0.2) is 17.5 Å². The van der Waals surface area contributed by atoms with Gasteiger partial charge in [0.05, 0.1) is 5.56 Å². The highest BCUT2D eigenvalue weighted by Gasteiger charge is 2.22. The average Bonchev–Trinajstić information content (AvgIpc) is 3.27. The van der Waals surface area contributed by atoms with Gasteiger partial charge < -0.3 is 14.5 Å². The molecule has 5 aromatic rings. The molecule has 2 heterocycles. The predicted octanol–water partition coefficient (Wildman–Crippen LogP) is 4.93. The van der Waals surface area contributed by atoms with Crippen LogP contribution in [0, 0.1) is 0 Å². The zero-order chi connectivity index (χ0) is 24.4. The standard InChI is InChI=1S/C28H22BN3O3/c1-3-10-18(11-4-2)26-30-27(19-12-6-5-7-13-19)32-28(31-26)22-16-8-14-20-21-15-9-17-23(29(33)34)25(21)35-24(20)22/h3-17,33-34H,1H2,2H3/b11-4-,18-10+. The van der Waals surface area contributed by atoms with Gasteiger partial charge in [-0.05, 0) is 13.0 Å². The van der Waals surface area contributed by atoms with E-state index < -0.39 is 7.12 Å². The molecule has 0 aliphatic heterocycles. The van der Waals surface area contributed by atoms with Crippen LogP contribution in [-0.4, -0.2) is 32.1 Å². The van der Waals surface area contributed by atoms with Crippen molar-refractivity contribution in [1.29, 1.82) is 0 Å². The Balaban J connectivity index is 1.81. The quantitative estimate of drug-likeness (QED) is 0.276. The van der Waals surface area contributed by atoms with Crippen LogP contribution in [0.5, 0.6) is 0 Å². The highest BCUT2D eigenvalue weighted by Crippen LogP contribution is 2.35. The number of allylic oxidation sites excluding steroid dienone is 5. The van der Waals surface area contributed by atoms with E-state index in [2.05, 4.69) is 6.58 Å². The minimum Gasteiger partial charge on any atom is -0.456 e. The highest BCUT2D eigenvalue weighted by atomic mass is 16.4. The van der Waals surface area contributed by atoms with Crippen molar-refractivity contribution >= 4 is 40.1 Å². The smallest absolute Gasteiger partial charge is 0.456 e. The van der Waals surface area contributed by atoms with Crippen LogP contribution in [0.2, 0.25) is 0 Å². The van der Waals surface area contributed by atoms with E-state index in [4.69, 9.17) is 19.4 Å². The molecule has 2 aromatic heterocycles. The maximum atomic E-state index is 9.84. The molecule has 0 amide bonds. The minimum absolute atomic E-state index is 0.301. The fourth-order valence-corrected chi connectivity index (χ4v) is 4.07.